The Morgan fingerprint density at radius 1 is 1.07 bits per heavy atom. The van der Waals surface area contributed by atoms with Crippen LogP contribution in [0.1, 0.15) is 33.2 Å². The first-order valence-electron chi connectivity index (χ1n) is 12.0. The summed E-state index contributed by atoms with van der Waals surface area (Å²) in [6.45, 7) is -5.60. The molecule has 0 radical (unpaired) electrons. The van der Waals surface area contributed by atoms with E-state index in [4.69, 9.17) is 21.5 Å². The van der Waals surface area contributed by atoms with Gasteiger partial charge in [-0.1, -0.05) is 0 Å². The van der Waals surface area contributed by atoms with Crippen molar-refractivity contribution >= 4 is 29.2 Å². The molecule has 0 aliphatic heterocycles. The molecule has 3 rings (SSSR count). The van der Waals surface area contributed by atoms with Gasteiger partial charge in [0.05, 0.1) is 20.4 Å². The van der Waals surface area contributed by atoms with Crippen molar-refractivity contribution in [2.75, 3.05) is 10.6 Å². The Hall–Kier alpha value is -4.16. The zero-order valence-corrected chi connectivity index (χ0v) is 14.4. The van der Waals surface area contributed by atoms with E-state index < -0.39 is 36.9 Å². The Morgan fingerprint density at radius 2 is 1.82 bits per heavy atom. The average molecular weight is 374 g/mol. The minimum absolute atomic E-state index is 0.0877. The van der Waals surface area contributed by atoms with E-state index in [2.05, 4.69) is 20.6 Å². The molecule has 0 amide bonds. The summed E-state index contributed by atoms with van der Waals surface area (Å²) in [7, 11) is 0. The summed E-state index contributed by atoms with van der Waals surface area (Å²) < 4.78 is 63.3. The van der Waals surface area contributed by atoms with Crippen LogP contribution in [-0.2, 0) is 0 Å². The smallest absolute Gasteiger partial charge is 0.229 e. The second-order valence-electron chi connectivity index (χ2n) is 5.51. The highest BCUT2D eigenvalue weighted by Gasteiger charge is 2.07. The van der Waals surface area contributed by atoms with Crippen LogP contribution in [0.5, 0.6) is 0 Å². The molecule has 28 heavy (non-hydrogen) atoms. The van der Waals surface area contributed by atoms with Crippen LogP contribution in [0, 0.1) is 36.4 Å². The first-order valence-corrected chi connectivity index (χ1v) is 7.97. The van der Waals surface area contributed by atoms with Crippen LogP contribution in [0.25, 0.3) is 6.05 Å². The average Bonchev–Trinajstić information content (AvgIpc) is 2.82. The summed E-state index contributed by atoms with van der Waals surface area (Å²) >= 11 is 0. The Labute approximate surface area is 175 Å². The molecule has 0 fully saturated rings. The summed E-state index contributed by atoms with van der Waals surface area (Å²) in [5.74, 6) is 0.209. The molecular formula is C22H18N6. The third kappa shape index (κ3) is 4.51. The maximum absolute atomic E-state index is 8.95. The first kappa shape index (κ1) is 10.9. The van der Waals surface area contributed by atoms with Crippen molar-refractivity contribution in [3.8, 4) is 12.1 Å². The van der Waals surface area contributed by atoms with E-state index >= 15 is 0 Å². The molecule has 0 aliphatic rings. The maximum Gasteiger partial charge on any atom is 0.229 e. The Bertz CT molecular complexity index is 1360. The fourth-order valence-electron chi connectivity index (χ4n) is 2.32. The number of rotatable bonds is 5. The molecular weight excluding hydrogens is 348 g/mol. The summed E-state index contributed by atoms with van der Waals surface area (Å²) in [6.07, 6.45) is 1.38. The number of nitrogens with zero attached hydrogens (tertiary/aromatic N) is 4. The molecule has 0 unspecified atom stereocenters. The zero-order chi connectivity index (χ0) is 26.7. The van der Waals surface area contributed by atoms with E-state index in [1.165, 1.54) is 18.3 Å². The zero-order valence-electron chi connectivity index (χ0n) is 22.4. The molecule has 1 aromatic heterocycles. The number of hydrogen-bond acceptors (Lipinski definition) is 6. The van der Waals surface area contributed by atoms with Crippen LogP contribution in [0.2, 0.25) is 0 Å². The van der Waals surface area contributed by atoms with Crippen LogP contribution in [0.4, 0.5) is 23.1 Å². The van der Waals surface area contributed by atoms with Gasteiger partial charge in [0.15, 0.2) is 0 Å². The molecule has 0 aliphatic carbocycles. The number of anilines is 4. The van der Waals surface area contributed by atoms with Crippen molar-refractivity contribution in [3.63, 3.8) is 0 Å². The van der Waals surface area contributed by atoms with E-state index in [0.29, 0.717) is 11.3 Å². The summed E-state index contributed by atoms with van der Waals surface area (Å²) in [4.78, 5) is 8.36. The van der Waals surface area contributed by atoms with Gasteiger partial charge in [-0.2, -0.15) is 15.5 Å². The molecule has 6 nitrogen and oxygen atoms in total. The van der Waals surface area contributed by atoms with Crippen LogP contribution >= 0.6 is 0 Å². The van der Waals surface area contributed by atoms with E-state index in [-0.39, 0.29) is 23.0 Å². The summed E-state index contributed by atoms with van der Waals surface area (Å²) in [5.41, 5.74) is -0.218. The van der Waals surface area contributed by atoms with Gasteiger partial charge in [0.1, 0.15) is 5.82 Å². The van der Waals surface area contributed by atoms with Crippen LogP contribution in [-0.4, -0.2) is 9.97 Å². The predicted octanol–water partition coefficient (Wildman–Crippen LogP) is 4.99. The predicted molar refractivity (Wildman–Crippen MR) is 110 cm³/mol. The number of benzene rings is 2. The third-order valence-electron chi connectivity index (χ3n) is 3.58. The lowest BCUT2D eigenvalue weighted by Crippen LogP contribution is -2.02. The van der Waals surface area contributed by atoms with Gasteiger partial charge in [0.25, 0.3) is 0 Å². The lowest BCUT2D eigenvalue weighted by molar-refractivity contribution is 1.16. The van der Waals surface area contributed by atoms with Gasteiger partial charge < -0.3 is 10.6 Å². The largest absolute Gasteiger partial charge is 0.340 e. The SMILES string of the molecule is [2H]/C(C#N)=C(/[2H])c1cc(C([2H])([2H])[2H])c(Nc2ccnc(Nc3ccc(C#N)cc3)n2)c(C([2H])([2H])[2H])c1. The van der Waals surface area contributed by atoms with E-state index in [0.717, 1.165) is 12.1 Å². The lowest BCUT2D eigenvalue weighted by atomic mass is 10.0. The molecule has 0 saturated carbocycles. The monoisotopic (exact) mass is 374 g/mol. The summed E-state index contributed by atoms with van der Waals surface area (Å²) in [6, 6.07) is 12.2. The fourth-order valence-corrected chi connectivity index (χ4v) is 2.32. The molecule has 0 saturated heterocycles. The van der Waals surface area contributed by atoms with Crippen molar-refractivity contribution in [1.29, 1.82) is 10.5 Å². The van der Waals surface area contributed by atoms with Gasteiger partial charge in [0.2, 0.25) is 5.95 Å². The van der Waals surface area contributed by atoms with Gasteiger partial charge in [-0.15, -0.1) is 0 Å². The number of aromatic nitrogens is 2. The highest BCUT2D eigenvalue weighted by atomic mass is 15.1. The minimum Gasteiger partial charge on any atom is -0.340 e. The van der Waals surface area contributed by atoms with Crippen LogP contribution in [0.3, 0.4) is 0 Å². The molecule has 2 aromatic carbocycles. The minimum atomic E-state index is -2.80. The molecule has 2 N–H and O–H groups in total. The van der Waals surface area contributed by atoms with Gasteiger partial charge >= 0.3 is 0 Å². The standard InChI is InChI=1S/C22H18N6/c1-15-12-18(4-3-10-23)13-16(2)21(15)27-20-9-11-25-22(28-20)26-19-7-5-17(14-24)6-8-19/h3-9,11-13H,1-2H3,(H2,25,26,27,28)/b4-3+/i1D3,2D3,3D,4D. The second-order valence-corrected chi connectivity index (χ2v) is 5.51. The van der Waals surface area contributed by atoms with Gasteiger partial charge in [0, 0.05) is 31.8 Å². The van der Waals surface area contributed by atoms with Crippen molar-refractivity contribution in [2.24, 2.45) is 0 Å². The van der Waals surface area contributed by atoms with Crippen molar-refractivity contribution in [3.05, 3.63) is 77.0 Å². The van der Waals surface area contributed by atoms with Gasteiger partial charge in [-0.05, 0) is 78.9 Å². The number of allylic oxidation sites excluding steroid dienone is 1. The Balaban J connectivity index is 2.10. The van der Waals surface area contributed by atoms with Gasteiger partial charge in [-0.3, -0.25) is 0 Å². The van der Waals surface area contributed by atoms with Gasteiger partial charge in [-0.25, -0.2) is 4.98 Å². The lowest BCUT2D eigenvalue weighted by Gasteiger charge is -2.14. The molecule has 6 heteroatoms. The van der Waals surface area contributed by atoms with Crippen LogP contribution < -0.4 is 10.6 Å². The topological polar surface area (TPSA) is 97.4 Å². The number of nitrogens with one attached hydrogen (secondary N) is 2. The first-order chi connectivity index (χ1) is 16.8. The van der Waals surface area contributed by atoms with Crippen molar-refractivity contribution in [2.45, 2.75) is 13.7 Å². The molecule has 3 aromatic rings. The Morgan fingerprint density at radius 3 is 2.46 bits per heavy atom. The highest BCUT2D eigenvalue weighted by Crippen LogP contribution is 2.26. The third-order valence-corrected chi connectivity index (χ3v) is 3.58. The molecule has 0 spiro atoms. The molecule has 0 bridgehead atoms. The molecule has 0 atom stereocenters. The number of aryl methyl sites for hydroxylation is 2. The quantitative estimate of drug-likeness (QED) is 0.611. The Kier molecular flexibility index (Phi) is 3.29. The van der Waals surface area contributed by atoms with E-state index in [1.807, 2.05) is 6.07 Å². The van der Waals surface area contributed by atoms with Crippen molar-refractivity contribution in [1.82, 2.24) is 9.97 Å². The molecule has 136 valence electrons. The highest BCUT2D eigenvalue weighted by molar-refractivity contribution is 5.69. The summed E-state index contributed by atoms with van der Waals surface area (Å²) in [5, 5.41) is 23.6. The van der Waals surface area contributed by atoms with Crippen LogP contribution in [0.15, 0.2) is 54.7 Å². The normalized spacial score (nSPS) is 16.1. The maximum atomic E-state index is 8.95. The second kappa shape index (κ2) is 8.48. The number of hydrogen-bond donors (Lipinski definition) is 2. The van der Waals surface area contributed by atoms with E-state index in [1.54, 1.807) is 24.3 Å². The fraction of sp³-hybridized carbons (Fsp3) is 0.0909. The molecule has 1 heterocycles. The number of nitriles is 2. The van der Waals surface area contributed by atoms with Crippen molar-refractivity contribution < 1.29 is 11.0 Å². The van der Waals surface area contributed by atoms with E-state index in [9.17, 15) is 0 Å².